The predicted octanol–water partition coefficient (Wildman–Crippen LogP) is 4.00. The number of hydrogen-bond donors (Lipinski definition) is 2. The van der Waals surface area contributed by atoms with Crippen molar-refractivity contribution < 1.29 is 14.4 Å². The molecule has 4 amide bonds. The van der Waals surface area contributed by atoms with E-state index in [1.807, 2.05) is 12.1 Å². The van der Waals surface area contributed by atoms with Crippen molar-refractivity contribution in [1.82, 2.24) is 10.2 Å². The maximum absolute atomic E-state index is 12.6. The molecule has 0 unspecified atom stereocenters. The van der Waals surface area contributed by atoms with Crippen LogP contribution in [0.25, 0.3) is 0 Å². The first kappa shape index (κ1) is 20.4. The Kier molecular flexibility index (Phi) is 6.70. The molecule has 28 heavy (non-hydrogen) atoms. The number of benzene rings is 1. The minimum Gasteiger partial charge on any atom is -0.326 e. The number of carbonyl (C=O) groups excluding carboxylic acids is 3. The molecule has 1 spiro atoms. The standard InChI is InChI=1S/C22H31N3O3/c1-2-3-4-8-17-10-12-18(13-11-17)23-19(26)9-7-16-25-20(27)22(24-21(25)28)14-5-6-15-22/h10-13H,2-9,14-16H2,1H3,(H,23,26)(H,24,28). The summed E-state index contributed by atoms with van der Waals surface area (Å²) in [5, 5.41) is 5.76. The van der Waals surface area contributed by atoms with Gasteiger partial charge in [-0.2, -0.15) is 0 Å². The van der Waals surface area contributed by atoms with Crippen LogP contribution in [0.3, 0.4) is 0 Å². The fraction of sp³-hybridized carbons (Fsp3) is 0.591. The van der Waals surface area contributed by atoms with E-state index in [-0.39, 0.29) is 30.8 Å². The smallest absolute Gasteiger partial charge is 0.325 e. The van der Waals surface area contributed by atoms with Gasteiger partial charge in [0.2, 0.25) is 5.91 Å². The van der Waals surface area contributed by atoms with Crippen LogP contribution in [-0.2, 0) is 16.0 Å². The van der Waals surface area contributed by atoms with Crippen molar-refractivity contribution in [3.05, 3.63) is 29.8 Å². The largest absolute Gasteiger partial charge is 0.326 e. The second kappa shape index (κ2) is 9.22. The van der Waals surface area contributed by atoms with Crippen LogP contribution in [0.2, 0.25) is 0 Å². The Morgan fingerprint density at radius 1 is 1.11 bits per heavy atom. The van der Waals surface area contributed by atoms with E-state index in [1.54, 1.807) is 0 Å². The molecule has 0 atom stereocenters. The molecule has 2 fully saturated rings. The third-order valence-electron chi connectivity index (χ3n) is 5.80. The number of hydrogen-bond acceptors (Lipinski definition) is 3. The number of nitrogens with zero attached hydrogens (tertiary/aromatic N) is 1. The van der Waals surface area contributed by atoms with Crippen molar-refractivity contribution in [2.45, 2.75) is 76.7 Å². The lowest BCUT2D eigenvalue weighted by atomic mass is 9.98. The van der Waals surface area contributed by atoms with E-state index in [9.17, 15) is 14.4 Å². The van der Waals surface area contributed by atoms with Gasteiger partial charge in [-0.3, -0.25) is 14.5 Å². The van der Waals surface area contributed by atoms with Gasteiger partial charge < -0.3 is 10.6 Å². The summed E-state index contributed by atoms with van der Waals surface area (Å²) in [5.74, 6) is -0.213. The molecule has 1 aromatic carbocycles. The molecule has 0 bridgehead atoms. The van der Waals surface area contributed by atoms with Gasteiger partial charge in [-0.15, -0.1) is 0 Å². The third-order valence-corrected chi connectivity index (χ3v) is 5.80. The number of imide groups is 1. The Balaban J connectivity index is 1.41. The van der Waals surface area contributed by atoms with Gasteiger partial charge in [0.15, 0.2) is 0 Å². The van der Waals surface area contributed by atoms with E-state index in [0.29, 0.717) is 6.42 Å². The zero-order valence-corrected chi connectivity index (χ0v) is 16.8. The van der Waals surface area contributed by atoms with Gasteiger partial charge in [-0.25, -0.2) is 4.79 Å². The zero-order chi connectivity index (χ0) is 20.0. The molecule has 1 saturated heterocycles. The lowest BCUT2D eigenvalue weighted by Gasteiger charge is -2.19. The lowest BCUT2D eigenvalue weighted by Crippen LogP contribution is -2.44. The fourth-order valence-electron chi connectivity index (χ4n) is 4.15. The number of urea groups is 1. The van der Waals surface area contributed by atoms with E-state index >= 15 is 0 Å². The summed E-state index contributed by atoms with van der Waals surface area (Å²) in [6, 6.07) is 7.66. The fourth-order valence-corrected chi connectivity index (χ4v) is 4.15. The highest BCUT2D eigenvalue weighted by molar-refractivity contribution is 6.07. The van der Waals surface area contributed by atoms with Gasteiger partial charge in [-0.05, 0) is 49.8 Å². The second-order valence-electron chi connectivity index (χ2n) is 7.98. The molecule has 6 nitrogen and oxygen atoms in total. The molecular weight excluding hydrogens is 354 g/mol. The molecule has 1 heterocycles. The van der Waals surface area contributed by atoms with Crippen LogP contribution in [0.15, 0.2) is 24.3 Å². The highest BCUT2D eigenvalue weighted by atomic mass is 16.2. The van der Waals surface area contributed by atoms with Crippen molar-refractivity contribution in [3.63, 3.8) is 0 Å². The summed E-state index contributed by atoms with van der Waals surface area (Å²) >= 11 is 0. The highest BCUT2D eigenvalue weighted by Crippen LogP contribution is 2.35. The summed E-state index contributed by atoms with van der Waals surface area (Å²) in [6.07, 6.45) is 8.84. The maximum atomic E-state index is 12.6. The molecule has 0 radical (unpaired) electrons. The van der Waals surface area contributed by atoms with E-state index < -0.39 is 5.54 Å². The molecule has 2 aliphatic rings. The summed E-state index contributed by atoms with van der Waals surface area (Å²) in [6.45, 7) is 2.48. The number of nitrogens with one attached hydrogen (secondary N) is 2. The summed E-state index contributed by atoms with van der Waals surface area (Å²) in [5.41, 5.74) is 1.40. The molecule has 1 saturated carbocycles. The van der Waals surface area contributed by atoms with Crippen LogP contribution < -0.4 is 10.6 Å². The number of aryl methyl sites for hydroxylation is 1. The number of rotatable bonds is 9. The first-order valence-electron chi connectivity index (χ1n) is 10.6. The SMILES string of the molecule is CCCCCc1ccc(NC(=O)CCCN2C(=O)NC3(CCCC3)C2=O)cc1. The number of carbonyl (C=O) groups is 3. The molecule has 1 aromatic rings. The van der Waals surface area contributed by atoms with Crippen LogP contribution in [-0.4, -0.2) is 34.8 Å². The minimum absolute atomic E-state index is 0.0960. The average Bonchev–Trinajstić information content (AvgIpc) is 3.24. The molecule has 3 rings (SSSR count). The monoisotopic (exact) mass is 385 g/mol. The minimum atomic E-state index is -0.668. The average molecular weight is 386 g/mol. The van der Waals surface area contributed by atoms with Crippen LogP contribution in [0.4, 0.5) is 10.5 Å². The molecule has 0 aromatic heterocycles. The van der Waals surface area contributed by atoms with Crippen LogP contribution in [0, 0.1) is 0 Å². The van der Waals surface area contributed by atoms with Gasteiger partial charge >= 0.3 is 6.03 Å². The van der Waals surface area contributed by atoms with Crippen molar-refractivity contribution in [3.8, 4) is 0 Å². The Hall–Kier alpha value is -2.37. The van der Waals surface area contributed by atoms with Crippen molar-refractivity contribution in [2.75, 3.05) is 11.9 Å². The van der Waals surface area contributed by atoms with Gasteiger partial charge in [-0.1, -0.05) is 44.7 Å². The van der Waals surface area contributed by atoms with Crippen molar-refractivity contribution >= 4 is 23.5 Å². The first-order valence-corrected chi connectivity index (χ1v) is 10.6. The molecular formula is C22H31N3O3. The topological polar surface area (TPSA) is 78.5 Å². The highest BCUT2D eigenvalue weighted by Gasteiger charge is 2.51. The Labute approximate surface area is 167 Å². The Bertz CT molecular complexity index is 708. The second-order valence-corrected chi connectivity index (χ2v) is 7.98. The number of anilines is 1. The third kappa shape index (κ3) is 4.72. The predicted molar refractivity (Wildman–Crippen MR) is 109 cm³/mol. The van der Waals surface area contributed by atoms with E-state index in [1.165, 1.54) is 29.7 Å². The maximum Gasteiger partial charge on any atom is 0.325 e. The zero-order valence-electron chi connectivity index (χ0n) is 16.8. The summed E-state index contributed by atoms with van der Waals surface area (Å²) in [7, 11) is 0. The lowest BCUT2D eigenvalue weighted by molar-refractivity contribution is -0.131. The van der Waals surface area contributed by atoms with Crippen molar-refractivity contribution in [1.29, 1.82) is 0 Å². The van der Waals surface area contributed by atoms with Crippen LogP contribution in [0.5, 0.6) is 0 Å². The molecule has 152 valence electrons. The summed E-state index contributed by atoms with van der Waals surface area (Å²) < 4.78 is 0. The van der Waals surface area contributed by atoms with Crippen molar-refractivity contribution in [2.24, 2.45) is 0 Å². The molecule has 1 aliphatic heterocycles. The first-order chi connectivity index (χ1) is 13.5. The Morgan fingerprint density at radius 2 is 1.82 bits per heavy atom. The molecule has 2 N–H and O–H groups in total. The quantitative estimate of drug-likeness (QED) is 0.498. The van der Waals surface area contributed by atoms with Crippen LogP contribution in [0.1, 0.15) is 70.3 Å². The normalized spacial score (nSPS) is 18.0. The number of unbranched alkanes of at least 4 members (excludes halogenated alkanes) is 2. The van der Waals surface area contributed by atoms with Gasteiger partial charge in [0.25, 0.3) is 5.91 Å². The number of amides is 4. The summed E-state index contributed by atoms with van der Waals surface area (Å²) in [4.78, 5) is 38.2. The van der Waals surface area contributed by atoms with E-state index in [4.69, 9.17) is 0 Å². The van der Waals surface area contributed by atoms with Crippen LogP contribution >= 0.6 is 0 Å². The van der Waals surface area contributed by atoms with Gasteiger partial charge in [0.05, 0.1) is 0 Å². The molecule has 6 heteroatoms. The van der Waals surface area contributed by atoms with E-state index in [2.05, 4.69) is 29.7 Å². The Morgan fingerprint density at radius 3 is 2.50 bits per heavy atom. The van der Waals surface area contributed by atoms with Gasteiger partial charge in [0, 0.05) is 18.7 Å². The van der Waals surface area contributed by atoms with E-state index in [0.717, 1.165) is 37.8 Å². The van der Waals surface area contributed by atoms with Gasteiger partial charge in [0.1, 0.15) is 5.54 Å². The molecule has 1 aliphatic carbocycles.